The van der Waals surface area contributed by atoms with E-state index in [1.807, 2.05) is 6.92 Å². The summed E-state index contributed by atoms with van der Waals surface area (Å²) in [7, 11) is 0. The summed E-state index contributed by atoms with van der Waals surface area (Å²) in [6, 6.07) is 0.215. The Morgan fingerprint density at radius 1 is 1.10 bits per heavy atom. The van der Waals surface area contributed by atoms with Crippen LogP contribution in [0.3, 0.4) is 0 Å². The van der Waals surface area contributed by atoms with Gasteiger partial charge in [-0.3, -0.25) is 4.79 Å². The number of nitrogens with one attached hydrogen (secondary N) is 2. The fourth-order valence-electron chi connectivity index (χ4n) is 3.42. The van der Waals surface area contributed by atoms with E-state index in [4.69, 9.17) is 0 Å². The van der Waals surface area contributed by atoms with Gasteiger partial charge < -0.3 is 15.7 Å². The number of aliphatic hydroxyl groups is 1. The third-order valence-corrected chi connectivity index (χ3v) is 4.90. The highest BCUT2D eigenvalue weighted by molar-refractivity contribution is 5.81. The van der Waals surface area contributed by atoms with E-state index in [1.54, 1.807) is 0 Å². The van der Waals surface area contributed by atoms with Crippen LogP contribution in [0.25, 0.3) is 0 Å². The second-order valence-electron chi connectivity index (χ2n) is 6.59. The molecule has 0 spiro atoms. The molecule has 0 heterocycles. The van der Waals surface area contributed by atoms with Crippen LogP contribution < -0.4 is 10.6 Å². The Bertz CT molecular complexity index is 303. The summed E-state index contributed by atoms with van der Waals surface area (Å²) in [6.07, 6.45) is 10.2. The van der Waals surface area contributed by atoms with Crippen LogP contribution >= 0.6 is 0 Å². The number of carbonyl (C=O) groups is 1. The molecule has 2 aliphatic carbocycles. The molecule has 116 valence electrons. The lowest BCUT2D eigenvalue weighted by atomic mass is 9.86. The van der Waals surface area contributed by atoms with E-state index in [2.05, 4.69) is 10.6 Å². The molecule has 2 aliphatic rings. The standard InChI is InChI=1S/C16H30N2O2/c1-12(16(20)18-14-8-3-2-4-9-14)17-11-13-7-5-6-10-15(13)19/h12-15,17,19H,2-11H2,1H3,(H,18,20). The molecular formula is C16H30N2O2. The predicted octanol–water partition coefficient (Wildman–Crippen LogP) is 1.96. The van der Waals surface area contributed by atoms with E-state index in [-0.39, 0.29) is 18.1 Å². The average molecular weight is 282 g/mol. The zero-order chi connectivity index (χ0) is 14.4. The number of hydrogen-bond donors (Lipinski definition) is 3. The second kappa shape index (κ2) is 7.99. The summed E-state index contributed by atoms with van der Waals surface area (Å²) in [5, 5.41) is 16.4. The molecule has 0 radical (unpaired) electrons. The normalized spacial score (nSPS) is 29.9. The molecule has 3 unspecified atom stereocenters. The molecule has 2 rings (SSSR count). The topological polar surface area (TPSA) is 61.4 Å². The average Bonchev–Trinajstić information content (AvgIpc) is 2.47. The van der Waals surface area contributed by atoms with Crippen molar-refractivity contribution in [3.8, 4) is 0 Å². The van der Waals surface area contributed by atoms with Gasteiger partial charge in [0, 0.05) is 12.6 Å². The Morgan fingerprint density at radius 3 is 2.45 bits per heavy atom. The highest BCUT2D eigenvalue weighted by atomic mass is 16.3. The van der Waals surface area contributed by atoms with Crippen LogP contribution in [0.15, 0.2) is 0 Å². The molecular weight excluding hydrogens is 252 g/mol. The van der Waals surface area contributed by atoms with Crippen LogP contribution in [0.5, 0.6) is 0 Å². The Morgan fingerprint density at radius 2 is 1.75 bits per heavy atom. The van der Waals surface area contributed by atoms with Gasteiger partial charge in [0.1, 0.15) is 0 Å². The van der Waals surface area contributed by atoms with Gasteiger partial charge in [0.05, 0.1) is 12.1 Å². The van der Waals surface area contributed by atoms with E-state index < -0.39 is 0 Å². The number of carbonyl (C=O) groups excluding carboxylic acids is 1. The fraction of sp³-hybridized carbons (Fsp3) is 0.938. The highest BCUT2D eigenvalue weighted by Gasteiger charge is 2.25. The number of aliphatic hydroxyl groups excluding tert-OH is 1. The van der Waals surface area contributed by atoms with Gasteiger partial charge >= 0.3 is 0 Å². The molecule has 2 saturated carbocycles. The molecule has 4 heteroatoms. The smallest absolute Gasteiger partial charge is 0.237 e. The molecule has 20 heavy (non-hydrogen) atoms. The van der Waals surface area contributed by atoms with Gasteiger partial charge in [-0.25, -0.2) is 0 Å². The van der Waals surface area contributed by atoms with Crippen molar-refractivity contribution in [1.82, 2.24) is 10.6 Å². The molecule has 3 N–H and O–H groups in total. The van der Waals surface area contributed by atoms with Crippen molar-refractivity contribution in [3.63, 3.8) is 0 Å². The van der Waals surface area contributed by atoms with Crippen molar-refractivity contribution in [2.75, 3.05) is 6.54 Å². The van der Waals surface area contributed by atoms with Crippen molar-refractivity contribution < 1.29 is 9.90 Å². The van der Waals surface area contributed by atoms with E-state index in [0.717, 1.165) is 38.6 Å². The summed E-state index contributed by atoms with van der Waals surface area (Å²) in [5.41, 5.74) is 0. The Kier molecular flexibility index (Phi) is 6.30. The largest absolute Gasteiger partial charge is 0.393 e. The molecule has 0 bridgehead atoms. The van der Waals surface area contributed by atoms with Gasteiger partial charge in [0.15, 0.2) is 0 Å². The predicted molar refractivity (Wildman–Crippen MR) is 80.4 cm³/mol. The summed E-state index contributed by atoms with van der Waals surface area (Å²) in [6.45, 7) is 2.67. The first-order chi connectivity index (χ1) is 9.66. The molecule has 1 amide bonds. The lowest BCUT2D eigenvalue weighted by Gasteiger charge is -2.29. The quantitative estimate of drug-likeness (QED) is 0.722. The molecule has 4 nitrogen and oxygen atoms in total. The molecule has 0 saturated heterocycles. The first-order valence-electron chi connectivity index (χ1n) is 8.38. The molecule has 3 atom stereocenters. The van der Waals surface area contributed by atoms with E-state index in [0.29, 0.717) is 12.0 Å². The second-order valence-corrected chi connectivity index (χ2v) is 6.59. The Labute approximate surface area is 122 Å². The summed E-state index contributed by atoms with van der Waals surface area (Å²) in [4.78, 5) is 12.1. The van der Waals surface area contributed by atoms with Crippen molar-refractivity contribution in [3.05, 3.63) is 0 Å². The zero-order valence-corrected chi connectivity index (χ0v) is 12.7. The monoisotopic (exact) mass is 282 g/mol. The fourth-order valence-corrected chi connectivity index (χ4v) is 3.42. The van der Waals surface area contributed by atoms with Crippen LogP contribution in [0.1, 0.15) is 64.7 Å². The third kappa shape index (κ3) is 4.74. The van der Waals surface area contributed by atoms with Gasteiger partial charge in [-0.2, -0.15) is 0 Å². The van der Waals surface area contributed by atoms with Crippen LogP contribution in [0.2, 0.25) is 0 Å². The van der Waals surface area contributed by atoms with Crippen molar-refractivity contribution in [1.29, 1.82) is 0 Å². The first-order valence-corrected chi connectivity index (χ1v) is 8.38. The maximum Gasteiger partial charge on any atom is 0.237 e. The Balaban J connectivity index is 1.67. The molecule has 2 fully saturated rings. The van der Waals surface area contributed by atoms with Crippen molar-refractivity contribution >= 4 is 5.91 Å². The Hall–Kier alpha value is -0.610. The molecule has 0 aromatic rings. The van der Waals surface area contributed by atoms with Gasteiger partial charge in [-0.05, 0) is 38.5 Å². The molecule has 0 aromatic heterocycles. The molecule has 0 aromatic carbocycles. The van der Waals surface area contributed by atoms with E-state index in [1.165, 1.54) is 25.7 Å². The number of amides is 1. The van der Waals surface area contributed by atoms with Crippen LogP contribution in [-0.4, -0.2) is 35.7 Å². The van der Waals surface area contributed by atoms with Crippen LogP contribution in [0.4, 0.5) is 0 Å². The van der Waals surface area contributed by atoms with Crippen molar-refractivity contribution in [2.45, 2.75) is 82.9 Å². The highest BCUT2D eigenvalue weighted by Crippen LogP contribution is 2.23. The van der Waals surface area contributed by atoms with Crippen molar-refractivity contribution in [2.24, 2.45) is 5.92 Å². The van der Waals surface area contributed by atoms with Gasteiger partial charge in [0.2, 0.25) is 5.91 Å². The SMILES string of the molecule is CC(NCC1CCCCC1O)C(=O)NC1CCCCC1. The maximum atomic E-state index is 12.1. The minimum atomic E-state index is -0.190. The summed E-state index contributed by atoms with van der Waals surface area (Å²) in [5.74, 6) is 0.427. The van der Waals surface area contributed by atoms with Crippen LogP contribution in [-0.2, 0) is 4.79 Å². The number of rotatable bonds is 5. The van der Waals surface area contributed by atoms with Gasteiger partial charge in [-0.1, -0.05) is 32.1 Å². The van der Waals surface area contributed by atoms with E-state index >= 15 is 0 Å². The lowest BCUT2D eigenvalue weighted by molar-refractivity contribution is -0.123. The summed E-state index contributed by atoms with van der Waals surface area (Å²) >= 11 is 0. The van der Waals surface area contributed by atoms with Crippen LogP contribution in [0, 0.1) is 5.92 Å². The first kappa shape index (κ1) is 15.8. The zero-order valence-electron chi connectivity index (χ0n) is 12.7. The lowest BCUT2D eigenvalue weighted by Crippen LogP contribution is -2.48. The maximum absolute atomic E-state index is 12.1. The van der Waals surface area contributed by atoms with Gasteiger partial charge in [-0.15, -0.1) is 0 Å². The molecule has 0 aliphatic heterocycles. The summed E-state index contributed by atoms with van der Waals surface area (Å²) < 4.78 is 0. The van der Waals surface area contributed by atoms with E-state index in [9.17, 15) is 9.90 Å². The number of hydrogen-bond acceptors (Lipinski definition) is 3. The minimum absolute atomic E-state index is 0.113. The van der Waals surface area contributed by atoms with Gasteiger partial charge in [0.25, 0.3) is 0 Å². The minimum Gasteiger partial charge on any atom is -0.393 e. The third-order valence-electron chi connectivity index (χ3n) is 4.90.